The highest BCUT2D eigenvalue weighted by Gasteiger charge is 2.23. The van der Waals surface area contributed by atoms with Gasteiger partial charge in [-0.05, 0) is 56.6 Å². The molecule has 0 bridgehead atoms. The van der Waals surface area contributed by atoms with Crippen LogP contribution in [-0.4, -0.2) is 17.8 Å². The van der Waals surface area contributed by atoms with Crippen LogP contribution in [0.3, 0.4) is 0 Å². The van der Waals surface area contributed by atoms with E-state index in [1.54, 1.807) is 7.11 Å². The van der Waals surface area contributed by atoms with Gasteiger partial charge in [0, 0.05) is 7.11 Å². The Morgan fingerprint density at radius 3 is 2.39 bits per heavy atom. The van der Waals surface area contributed by atoms with Gasteiger partial charge < -0.3 is 9.84 Å². The number of ether oxygens (including phenoxy) is 1. The van der Waals surface area contributed by atoms with Crippen molar-refractivity contribution in [1.82, 2.24) is 0 Å². The Labute approximate surface area is 110 Å². The summed E-state index contributed by atoms with van der Waals surface area (Å²) in [6, 6.07) is 8.46. The number of methoxy groups -OCH3 is 1. The van der Waals surface area contributed by atoms with Crippen LogP contribution in [0.4, 0.5) is 0 Å². The summed E-state index contributed by atoms with van der Waals surface area (Å²) in [5.41, 5.74) is 2.28. The fourth-order valence-electron chi connectivity index (χ4n) is 2.16. The van der Waals surface area contributed by atoms with Gasteiger partial charge in [-0.1, -0.05) is 24.3 Å². The lowest BCUT2D eigenvalue weighted by Gasteiger charge is -2.24. The van der Waals surface area contributed by atoms with Gasteiger partial charge in [0.25, 0.3) is 0 Å². The lowest BCUT2D eigenvalue weighted by molar-refractivity contribution is 0.00279. The van der Waals surface area contributed by atoms with Crippen molar-refractivity contribution >= 4 is 0 Å². The van der Waals surface area contributed by atoms with Crippen molar-refractivity contribution in [2.45, 2.75) is 57.2 Å². The van der Waals surface area contributed by atoms with Gasteiger partial charge in [-0.3, -0.25) is 0 Å². The van der Waals surface area contributed by atoms with Crippen molar-refractivity contribution in [3.05, 3.63) is 35.4 Å². The van der Waals surface area contributed by atoms with E-state index >= 15 is 0 Å². The molecule has 1 saturated carbocycles. The van der Waals surface area contributed by atoms with Crippen LogP contribution in [0.1, 0.15) is 62.7 Å². The molecule has 1 aromatic rings. The first-order valence-corrected chi connectivity index (χ1v) is 6.85. The van der Waals surface area contributed by atoms with Crippen molar-refractivity contribution in [2.24, 2.45) is 0 Å². The van der Waals surface area contributed by atoms with E-state index in [1.165, 1.54) is 18.4 Å². The Bertz CT molecular complexity index is 377. The largest absolute Gasteiger partial charge is 0.388 e. The number of hydrogen-bond donors (Lipinski definition) is 1. The average Bonchev–Trinajstić information content (AvgIpc) is 3.21. The maximum absolute atomic E-state index is 10.2. The molecule has 0 amide bonds. The highest BCUT2D eigenvalue weighted by atomic mass is 16.5. The Morgan fingerprint density at radius 2 is 1.89 bits per heavy atom. The van der Waals surface area contributed by atoms with Crippen LogP contribution < -0.4 is 0 Å². The molecule has 0 saturated heterocycles. The first-order valence-electron chi connectivity index (χ1n) is 6.85. The van der Waals surface area contributed by atoms with Crippen LogP contribution >= 0.6 is 0 Å². The molecule has 1 aromatic carbocycles. The molecular formula is C16H24O2. The number of hydrogen-bond acceptors (Lipinski definition) is 2. The summed E-state index contributed by atoms with van der Waals surface area (Å²) in [7, 11) is 1.72. The molecule has 18 heavy (non-hydrogen) atoms. The monoisotopic (exact) mass is 248 g/mol. The van der Waals surface area contributed by atoms with E-state index in [9.17, 15) is 5.11 Å². The molecule has 0 spiro atoms. The van der Waals surface area contributed by atoms with Crippen molar-refractivity contribution < 1.29 is 9.84 Å². The summed E-state index contributed by atoms with van der Waals surface area (Å²) >= 11 is 0. The van der Waals surface area contributed by atoms with Gasteiger partial charge in [-0.25, -0.2) is 0 Å². The average molecular weight is 248 g/mol. The third-order valence-corrected chi connectivity index (χ3v) is 3.94. The number of aliphatic hydroxyl groups excluding tert-OH is 1. The van der Waals surface area contributed by atoms with Crippen LogP contribution in [0.25, 0.3) is 0 Å². The molecule has 0 radical (unpaired) electrons. The van der Waals surface area contributed by atoms with Crippen LogP contribution in [0.2, 0.25) is 0 Å². The highest BCUT2D eigenvalue weighted by molar-refractivity contribution is 5.29. The Hall–Kier alpha value is -0.860. The topological polar surface area (TPSA) is 29.5 Å². The second-order valence-corrected chi connectivity index (χ2v) is 5.96. The summed E-state index contributed by atoms with van der Waals surface area (Å²) in [5, 5.41) is 10.2. The standard InChI is InChI=1S/C16H24O2/c1-16(2,18-3)11-10-15(17)14-8-6-13(7-9-14)12-4-5-12/h6-9,12,15,17H,4-5,10-11H2,1-3H3. The predicted molar refractivity (Wildman–Crippen MR) is 73.7 cm³/mol. The summed E-state index contributed by atoms with van der Waals surface area (Å²) in [6.45, 7) is 4.10. The molecule has 0 aliphatic heterocycles. The van der Waals surface area contributed by atoms with Crippen LogP contribution in [0, 0.1) is 0 Å². The number of rotatable bonds is 6. The van der Waals surface area contributed by atoms with Crippen molar-refractivity contribution in [2.75, 3.05) is 7.11 Å². The summed E-state index contributed by atoms with van der Waals surface area (Å²) < 4.78 is 5.37. The third kappa shape index (κ3) is 3.56. The Balaban J connectivity index is 1.89. The second kappa shape index (κ2) is 5.41. The smallest absolute Gasteiger partial charge is 0.0791 e. The fraction of sp³-hybridized carbons (Fsp3) is 0.625. The molecule has 2 heteroatoms. The van der Waals surface area contributed by atoms with Crippen molar-refractivity contribution in [1.29, 1.82) is 0 Å². The zero-order valence-corrected chi connectivity index (χ0v) is 11.6. The van der Waals surface area contributed by atoms with Crippen LogP contribution in [0.15, 0.2) is 24.3 Å². The molecule has 0 heterocycles. The zero-order chi connectivity index (χ0) is 13.2. The maximum atomic E-state index is 10.2. The molecule has 100 valence electrons. The minimum Gasteiger partial charge on any atom is -0.388 e. The normalized spacial score (nSPS) is 17.8. The van der Waals surface area contributed by atoms with Gasteiger partial charge in [0.2, 0.25) is 0 Å². The minimum atomic E-state index is -0.382. The molecule has 0 aromatic heterocycles. The molecule has 1 unspecified atom stereocenters. The highest BCUT2D eigenvalue weighted by Crippen LogP contribution is 2.40. The van der Waals surface area contributed by atoms with Gasteiger partial charge in [-0.2, -0.15) is 0 Å². The maximum Gasteiger partial charge on any atom is 0.0791 e. The minimum absolute atomic E-state index is 0.158. The quantitative estimate of drug-likeness (QED) is 0.829. The number of aliphatic hydroxyl groups is 1. The fourth-order valence-corrected chi connectivity index (χ4v) is 2.16. The molecular weight excluding hydrogens is 224 g/mol. The van der Waals surface area contributed by atoms with E-state index in [1.807, 2.05) is 0 Å². The molecule has 1 aliphatic carbocycles. The third-order valence-electron chi connectivity index (χ3n) is 3.94. The molecule has 2 rings (SSSR count). The lowest BCUT2D eigenvalue weighted by Crippen LogP contribution is -2.23. The van der Waals surface area contributed by atoms with Crippen LogP contribution in [0.5, 0.6) is 0 Å². The van der Waals surface area contributed by atoms with Crippen LogP contribution in [-0.2, 0) is 4.74 Å². The van der Waals surface area contributed by atoms with Crippen molar-refractivity contribution in [3.8, 4) is 0 Å². The summed E-state index contributed by atoms with van der Waals surface area (Å²) in [4.78, 5) is 0. The van der Waals surface area contributed by atoms with E-state index < -0.39 is 0 Å². The zero-order valence-electron chi connectivity index (χ0n) is 11.6. The van der Waals surface area contributed by atoms with Gasteiger partial charge >= 0.3 is 0 Å². The Kier molecular flexibility index (Phi) is 4.08. The molecule has 1 atom stereocenters. The van der Waals surface area contributed by atoms with E-state index in [2.05, 4.69) is 38.1 Å². The molecule has 2 nitrogen and oxygen atoms in total. The first kappa shape index (κ1) is 13.6. The van der Waals surface area contributed by atoms with E-state index in [0.29, 0.717) is 0 Å². The second-order valence-electron chi connectivity index (χ2n) is 5.96. The van der Waals surface area contributed by atoms with Gasteiger partial charge in [0.05, 0.1) is 11.7 Å². The Morgan fingerprint density at radius 1 is 1.28 bits per heavy atom. The van der Waals surface area contributed by atoms with Gasteiger partial charge in [0.15, 0.2) is 0 Å². The first-order chi connectivity index (χ1) is 8.52. The predicted octanol–water partition coefficient (Wildman–Crippen LogP) is 3.80. The lowest BCUT2D eigenvalue weighted by atomic mass is 9.96. The summed E-state index contributed by atoms with van der Waals surface area (Å²) in [5.74, 6) is 0.781. The van der Waals surface area contributed by atoms with Crippen molar-refractivity contribution in [3.63, 3.8) is 0 Å². The van der Waals surface area contributed by atoms with E-state index in [4.69, 9.17) is 4.74 Å². The van der Waals surface area contributed by atoms with Gasteiger partial charge in [0.1, 0.15) is 0 Å². The summed E-state index contributed by atoms with van der Waals surface area (Å²) in [6.07, 6.45) is 3.86. The molecule has 1 N–H and O–H groups in total. The van der Waals surface area contributed by atoms with Gasteiger partial charge in [-0.15, -0.1) is 0 Å². The molecule has 1 fully saturated rings. The molecule has 1 aliphatic rings. The van der Waals surface area contributed by atoms with E-state index in [0.717, 1.165) is 24.3 Å². The number of benzene rings is 1. The van der Waals surface area contributed by atoms with E-state index in [-0.39, 0.29) is 11.7 Å². The SMILES string of the molecule is COC(C)(C)CCC(O)c1ccc(C2CC2)cc1.